The maximum absolute atomic E-state index is 14.7. The molecular weight excluding hydrogens is 829 g/mol. The summed E-state index contributed by atoms with van der Waals surface area (Å²) >= 11 is 0. The van der Waals surface area contributed by atoms with Crippen molar-refractivity contribution in [3.8, 4) is 0 Å². The lowest BCUT2D eigenvalue weighted by Gasteiger charge is -2.31. The summed E-state index contributed by atoms with van der Waals surface area (Å²) in [6.45, 7) is 10.8. The number of nitrogens with zero attached hydrogens (tertiary/aromatic N) is 1. The lowest BCUT2D eigenvalue weighted by atomic mass is 10.2. The highest BCUT2D eigenvalue weighted by Crippen LogP contribution is 2.57. The van der Waals surface area contributed by atoms with Crippen LogP contribution in [-0.4, -0.2) is 48.8 Å². The first kappa shape index (κ1) is 49.4. The molecule has 12 heteroatoms. The Labute approximate surface area is 372 Å². The van der Waals surface area contributed by atoms with Crippen molar-refractivity contribution < 1.29 is 33.0 Å². The van der Waals surface area contributed by atoms with E-state index in [4.69, 9.17) is 9.47 Å². The van der Waals surface area contributed by atoms with E-state index in [0.29, 0.717) is 21.2 Å². The van der Waals surface area contributed by atoms with Gasteiger partial charge < -0.3 is 34.1 Å². The quantitative estimate of drug-likeness (QED) is 0.0978. The molecule has 0 radical (unpaired) electrons. The zero-order chi connectivity index (χ0) is 46.1. The van der Waals surface area contributed by atoms with Crippen LogP contribution in [0.1, 0.15) is 64.2 Å². The van der Waals surface area contributed by atoms with Crippen LogP contribution in [0.25, 0.3) is 0 Å². The van der Waals surface area contributed by atoms with E-state index in [1.165, 1.54) is 4.90 Å². The molecule has 10 nitrogen and oxygen atoms in total. The molecule has 2 atom stereocenters. The summed E-state index contributed by atoms with van der Waals surface area (Å²) in [6.07, 6.45) is -0.447. The Kier molecular flexibility index (Phi) is 17.9. The van der Waals surface area contributed by atoms with Crippen LogP contribution >= 0.6 is 14.3 Å². The Balaban J connectivity index is 0.000000250. The first-order valence-corrected chi connectivity index (χ1v) is 24.1. The second-order valence-electron chi connectivity index (χ2n) is 16.6. The Morgan fingerprint density at radius 3 is 0.857 bits per heavy atom. The molecule has 0 heterocycles. The molecule has 6 aromatic rings. The van der Waals surface area contributed by atoms with Crippen LogP contribution in [0, 0.1) is 0 Å². The average Bonchev–Trinajstić information content (AvgIpc) is 3.28. The minimum absolute atomic E-state index is 0.599. The summed E-state index contributed by atoms with van der Waals surface area (Å²) in [6, 6.07) is 56.0. The minimum Gasteiger partial charge on any atom is -0.444 e. The third-order valence-corrected chi connectivity index (χ3v) is 15.6. The van der Waals surface area contributed by atoms with E-state index in [9.17, 15) is 23.5 Å². The molecule has 0 aromatic heterocycles. The molecule has 0 saturated heterocycles. The molecular formula is C51H59N3O7P2. The molecule has 0 spiro atoms. The van der Waals surface area contributed by atoms with Crippen molar-refractivity contribution >= 4 is 54.1 Å². The van der Waals surface area contributed by atoms with Crippen molar-refractivity contribution in [1.82, 2.24) is 15.5 Å². The van der Waals surface area contributed by atoms with Crippen LogP contribution in [0.2, 0.25) is 0 Å². The average molecular weight is 888 g/mol. The van der Waals surface area contributed by atoms with E-state index < -0.39 is 49.2 Å². The number of ether oxygens (including phenoxy) is 2. The van der Waals surface area contributed by atoms with E-state index in [-0.39, 0.29) is 0 Å². The fraction of sp³-hybridized carbons (Fsp3) is 0.235. The second kappa shape index (κ2) is 22.8. The van der Waals surface area contributed by atoms with Gasteiger partial charge in [-0.05, 0) is 52.7 Å². The summed E-state index contributed by atoms with van der Waals surface area (Å²) in [4.78, 5) is 36.3. The molecule has 330 valence electrons. The number of alkyl carbamates (subject to hydrolysis) is 2. The second-order valence-corrected chi connectivity index (χ2v) is 22.4. The van der Waals surface area contributed by atoms with Crippen molar-refractivity contribution in [2.45, 2.75) is 64.3 Å². The Bertz CT molecular complexity index is 2160. The van der Waals surface area contributed by atoms with Gasteiger partial charge in [0.15, 0.2) is 14.3 Å². The number of amides is 3. The summed E-state index contributed by atoms with van der Waals surface area (Å²) in [5, 5.41) is 8.51. The zero-order valence-corrected chi connectivity index (χ0v) is 39.0. The van der Waals surface area contributed by atoms with Gasteiger partial charge in [0.25, 0.3) is 0 Å². The van der Waals surface area contributed by atoms with Gasteiger partial charge in [-0.15, -0.1) is 0 Å². The van der Waals surface area contributed by atoms with Crippen molar-refractivity contribution in [2.24, 2.45) is 0 Å². The third-order valence-electron chi connectivity index (χ3n) is 9.03. The van der Waals surface area contributed by atoms with E-state index in [1.807, 2.05) is 182 Å². The Morgan fingerprint density at radius 1 is 0.460 bits per heavy atom. The molecule has 6 rings (SSSR count). The lowest BCUT2D eigenvalue weighted by molar-refractivity contribution is -0.115. The maximum atomic E-state index is 14.7. The number of benzene rings is 6. The molecule has 0 aliphatic rings. The predicted molar refractivity (Wildman–Crippen MR) is 256 cm³/mol. The van der Waals surface area contributed by atoms with Crippen LogP contribution < -0.4 is 31.9 Å². The van der Waals surface area contributed by atoms with Gasteiger partial charge in [0.1, 0.15) is 22.8 Å². The molecule has 63 heavy (non-hydrogen) atoms. The standard InChI is InChI=1S/2C24H26NO3P.C3H7NO/c2*1-24(2,3)28-23(26)25-22(19-13-7-4-8-14-19)29(27,20-15-9-5-10-16-20)21-17-11-6-12-18-21;1-4(2)3-5/h2*4-18,22H,1-3H3,(H,25,26);3H,1-2H3/t2*22-;/m11./s1. The number of hydrogen-bond donors (Lipinski definition) is 2. The highest BCUT2D eigenvalue weighted by molar-refractivity contribution is 7.79. The summed E-state index contributed by atoms with van der Waals surface area (Å²) < 4.78 is 40.5. The summed E-state index contributed by atoms with van der Waals surface area (Å²) in [5.41, 5.74) is 0.202. The number of nitrogens with one attached hydrogen (secondary N) is 2. The van der Waals surface area contributed by atoms with Gasteiger partial charge in [-0.25, -0.2) is 9.59 Å². The van der Waals surface area contributed by atoms with Crippen molar-refractivity contribution in [3.63, 3.8) is 0 Å². The van der Waals surface area contributed by atoms with Gasteiger partial charge in [-0.2, -0.15) is 0 Å². The van der Waals surface area contributed by atoms with Crippen LogP contribution in [0.4, 0.5) is 9.59 Å². The number of carbonyl (C=O) groups is 3. The fourth-order valence-electron chi connectivity index (χ4n) is 6.37. The van der Waals surface area contributed by atoms with E-state index in [0.717, 1.165) is 17.5 Å². The smallest absolute Gasteiger partial charge is 0.408 e. The van der Waals surface area contributed by atoms with E-state index in [2.05, 4.69) is 10.6 Å². The van der Waals surface area contributed by atoms with Gasteiger partial charge in [-0.1, -0.05) is 182 Å². The topological polar surface area (TPSA) is 131 Å². The number of carbonyl (C=O) groups excluding carboxylic acids is 3. The lowest BCUT2D eigenvalue weighted by Crippen LogP contribution is -2.38. The van der Waals surface area contributed by atoms with Gasteiger partial charge in [-0.3, -0.25) is 4.79 Å². The van der Waals surface area contributed by atoms with Crippen LogP contribution in [0.3, 0.4) is 0 Å². The predicted octanol–water partition coefficient (Wildman–Crippen LogP) is 10.2. The molecule has 3 amide bonds. The monoisotopic (exact) mass is 887 g/mol. The largest absolute Gasteiger partial charge is 0.444 e. The minimum atomic E-state index is -3.29. The molecule has 0 fully saturated rings. The maximum Gasteiger partial charge on any atom is 0.408 e. The molecule has 0 bridgehead atoms. The first-order chi connectivity index (χ1) is 29.9. The van der Waals surface area contributed by atoms with Crippen molar-refractivity contribution in [1.29, 1.82) is 0 Å². The molecule has 2 N–H and O–H groups in total. The summed E-state index contributed by atoms with van der Waals surface area (Å²) in [5.74, 6) is -1.52. The number of hydrogen-bond acceptors (Lipinski definition) is 7. The Morgan fingerprint density at radius 2 is 0.667 bits per heavy atom. The van der Waals surface area contributed by atoms with Crippen molar-refractivity contribution in [2.75, 3.05) is 14.1 Å². The normalized spacial score (nSPS) is 12.3. The van der Waals surface area contributed by atoms with Crippen LogP contribution in [0.5, 0.6) is 0 Å². The van der Waals surface area contributed by atoms with Gasteiger partial charge in [0, 0.05) is 35.3 Å². The van der Waals surface area contributed by atoms with E-state index in [1.54, 1.807) is 55.6 Å². The Hall–Kier alpha value is -6.21. The molecule has 0 aliphatic heterocycles. The fourth-order valence-corrected chi connectivity index (χ4v) is 12.4. The van der Waals surface area contributed by atoms with E-state index >= 15 is 0 Å². The zero-order valence-electron chi connectivity index (χ0n) is 37.3. The van der Waals surface area contributed by atoms with Gasteiger partial charge >= 0.3 is 12.2 Å². The highest BCUT2D eigenvalue weighted by atomic mass is 31.2. The van der Waals surface area contributed by atoms with Crippen molar-refractivity contribution in [3.05, 3.63) is 193 Å². The number of rotatable bonds is 11. The molecule has 0 unspecified atom stereocenters. The first-order valence-electron chi connectivity index (χ1n) is 20.5. The molecule has 6 aromatic carbocycles. The summed E-state index contributed by atoms with van der Waals surface area (Å²) in [7, 11) is -3.20. The highest BCUT2D eigenvalue weighted by Gasteiger charge is 2.41. The SMILES string of the molecule is CC(C)(C)OC(=O)N[C@@H](c1ccccc1)P(=O)(c1ccccc1)c1ccccc1.CC(C)(C)OC(=O)N[C@@H](c1ccccc1)P(=O)(c1ccccc1)c1ccccc1.CN(C)C=O. The molecule has 0 saturated carbocycles. The third kappa shape index (κ3) is 14.4. The molecule has 0 aliphatic carbocycles. The van der Waals surface area contributed by atoms with Gasteiger partial charge in [0.05, 0.1) is 0 Å². The van der Waals surface area contributed by atoms with Crippen LogP contribution in [0.15, 0.2) is 182 Å². The van der Waals surface area contributed by atoms with Gasteiger partial charge in [0.2, 0.25) is 6.41 Å². The van der Waals surface area contributed by atoms with Crippen LogP contribution in [-0.2, 0) is 23.4 Å².